The average molecular weight is 289 g/mol. The van der Waals surface area contributed by atoms with Crippen LogP contribution in [-0.4, -0.2) is 30.6 Å². The zero-order valence-electron chi connectivity index (χ0n) is 13.1. The topological polar surface area (TPSA) is 50.5 Å². The smallest absolute Gasteiger partial charge is 0.119 e. The molecule has 2 bridgehead atoms. The van der Waals surface area contributed by atoms with Crippen LogP contribution in [0.5, 0.6) is 5.75 Å². The highest BCUT2D eigenvalue weighted by Gasteiger charge is 2.41. The van der Waals surface area contributed by atoms with Crippen molar-refractivity contribution in [3.63, 3.8) is 0 Å². The van der Waals surface area contributed by atoms with Crippen LogP contribution in [0, 0.1) is 5.92 Å². The fraction of sp³-hybridized carbons (Fsp3) is 0.647. The van der Waals surface area contributed by atoms with Gasteiger partial charge in [0.1, 0.15) is 5.75 Å². The summed E-state index contributed by atoms with van der Waals surface area (Å²) in [5.74, 6) is 7.45. The zero-order chi connectivity index (χ0) is 14.8. The Bertz CT molecular complexity index is 465. The second kappa shape index (κ2) is 6.34. The van der Waals surface area contributed by atoms with Gasteiger partial charge in [0, 0.05) is 18.1 Å². The van der Waals surface area contributed by atoms with Crippen LogP contribution in [0.3, 0.4) is 0 Å². The molecule has 4 nitrogen and oxygen atoms in total. The Balaban J connectivity index is 1.77. The lowest BCUT2D eigenvalue weighted by molar-refractivity contribution is 0.112. The Hall–Kier alpha value is -1.10. The van der Waals surface area contributed by atoms with Crippen molar-refractivity contribution in [3.8, 4) is 5.75 Å². The number of hydrogen-bond acceptors (Lipinski definition) is 4. The van der Waals surface area contributed by atoms with Gasteiger partial charge in [0.25, 0.3) is 0 Å². The molecule has 2 aliphatic rings. The van der Waals surface area contributed by atoms with Crippen LogP contribution >= 0.6 is 0 Å². The van der Waals surface area contributed by atoms with E-state index in [1.807, 2.05) is 13.0 Å². The molecule has 0 spiro atoms. The van der Waals surface area contributed by atoms with E-state index >= 15 is 0 Å². The van der Waals surface area contributed by atoms with Crippen molar-refractivity contribution in [1.82, 2.24) is 10.3 Å². The number of fused-ring (bicyclic) bond motifs is 2. The van der Waals surface area contributed by atoms with E-state index in [0.717, 1.165) is 17.8 Å². The highest BCUT2D eigenvalue weighted by atomic mass is 16.5. The number of rotatable bonds is 5. The number of benzene rings is 1. The maximum absolute atomic E-state index is 5.90. The third-order valence-electron chi connectivity index (χ3n) is 5.31. The lowest BCUT2D eigenvalue weighted by Crippen LogP contribution is -2.45. The number of nitrogens with one attached hydrogen (secondary N) is 1. The van der Waals surface area contributed by atoms with E-state index in [2.05, 4.69) is 35.6 Å². The molecule has 2 fully saturated rings. The van der Waals surface area contributed by atoms with Crippen molar-refractivity contribution in [2.75, 3.05) is 13.7 Å². The number of nitrogens with two attached hydrogens (primary N) is 1. The van der Waals surface area contributed by atoms with Crippen LogP contribution in [0.15, 0.2) is 24.3 Å². The van der Waals surface area contributed by atoms with Gasteiger partial charge in [-0.1, -0.05) is 12.1 Å². The number of ether oxygens (including phenoxy) is 1. The molecule has 2 saturated heterocycles. The summed E-state index contributed by atoms with van der Waals surface area (Å²) in [6.07, 6.45) is 5.16. The minimum absolute atomic E-state index is 0.224. The second-order valence-electron chi connectivity index (χ2n) is 6.43. The summed E-state index contributed by atoms with van der Waals surface area (Å²) in [6, 6.07) is 10.1. The summed E-state index contributed by atoms with van der Waals surface area (Å²) in [7, 11) is 2.28. The first-order chi connectivity index (χ1) is 10.2. The van der Waals surface area contributed by atoms with Crippen LogP contribution in [0.2, 0.25) is 0 Å². The lowest BCUT2D eigenvalue weighted by atomic mass is 9.82. The van der Waals surface area contributed by atoms with Crippen LogP contribution in [0.25, 0.3) is 0 Å². The van der Waals surface area contributed by atoms with Crippen LogP contribution < -0.4 is 16.0 Å². The largest absolute Gasteiger partial charge is 0.494 e. The Morgan fingerprint density at radius 3 is 2.67 bits per heavy atom. The highest BCUT2D eigenvalue weighted by molar-refractivity contribution is 5.31. The summed E-state index contributed by atoms with van der Waals surface area (Å²) in [5.41, 5.74) is 4.31. The summed E-state index contributed by atoms with van der Waals surface area (Å²) in [6.45, 7) is 2.71. The molecule has 3 unspecified atom stereocenters. The van der Waals surface area contributed by atoms with Gasteiger partial charge in [0.15, 0.2) is 0 Å². The first-order valence-corrected chi connectivity index (χ1v) is 8.13. The third-order valence-corrected chi connectivity index (χ3v) is 5.31. The lowest BCUT2D eigenvalue weighted by Gasteiger charge is -2.39. The highest BCUT2D eigenvalue weighted by Crippen LogP contribution is 2.42. The molecule has 1 aromatic rings. The van der Waals surface area contributed by atoms with Crippen molar-refractivity contribution < 1.29 is 4.74 Å². The van der Waals surface area contributed by atoms with Crippen molar-refractivity contribution >= 4 is 0 Å². The molecule has 1 aromatic carbocycles. The average Bonchev–Trinajstić information content (AvgIpc) is 2.71. The zero-order valence-corrected chi connectivity index (χ0v) is 13.1. The third kappa shape index (κ3) is 2.93. The number of hydrogen-bond donors (Lipinski definition) is 2. The summed E-state index contributed by atoms with van der Waals surface area (Å²) < 4.78 is 5.62. The molecule has 3 rings (SSSR count). The first kappa shape index (κ1) is 14.8. The fourth-order valence-corrected chi connectivity index (χ4v) is 4.19. The van der Waals surface area contributed by atoms with Gasteiger partial charge >= 0.3 is 0 Å². The summed E-state index contributed by atoms with van der Waals surface area (Å²) >= 11 is 0. The molecular weight excluding hydrogens is 262 g/mol. The van der Waals surface area contributed by atoms with Gasteiger partial charge in [-0.25, -0.2) is 0 Å². The minimum atomic E-state index is 0.224. The quantitative estimate of drug-likeness (QED) is 0.646. The molecule has 0 saturated carbocycles. The summed E-state index contributed by atoms with van der Waals surface area (Å²) in [5, 5.41) is 0. The molecule has 0 aliphatic carbocycles. The van der Waals surface area contributed by atoms with E-state index < -0.39 is 0 Å². The molecule has 21 heavy (non-hydrogen) atoms. The van der Waals surface area contributed by atoms with Crippen molar-refractivity contribution in [1.29, 1.82) is 0 Å². The fourth-order valence-electron chi connectivity index (χ4n) is 4.19. The molecule has 0 radical (unpaired) electrons. The molecule has 3 N–H and O–H groups in total. The number of nitrogens with zero attached hydrogens (tertiary/aromatic N) is 1. The molecule has 0 amide bonds. The molecule has 2 aliphatic heterocycles. The SMILES string of the molecule is CCOc1cccc(C(NN)C2CC3CCC(C2)N3C)c1. The van der Waals surface area contributed by atoms with E-state index in [4.69, 9.17) is 10.6 Å². The van der Waals surface area contributed by atoms with Gasteiger partial charge in [-0.05, 0) is 63.3 Å². The van der Waals surface area contributed by atoms with Crippen LogP contribution in [0.1, 0.15) is 44.2 Å². The monoisotopic (exact) mass is 289 g/mol. The predicted octanol–water partition coefficient (Wildman–Crippen LogP) is 2.46. The predicted molar refractivity (Wildman–Crippen MR) is 85.0 cm³/mol. The number of piperidine rings is 1. The minimum Gasteiger partial charge on any atom is -0.494 e. The summed E-state index contributed by atoms with van der Waals surface area (Å²) in [4.78, 5) is 2.57. The van der Waals surface area contributed by atoms with Crippen molar-refractivity contribution in [3.05, 3.63) is 29.8 Å². The van der Waals surface area contributed by atoms with Crippen LogP contribution in [-0.2, 0) is 0 Å². The molecule has 3 atom stereocenters. The van der Waals surface area contributed by atoms with E-state index in [1.165, 1.54) is 31.2 Å². The first-order valence-electron chi connectivity index (χ1n) is 8.13. The standard InChI is InChI=1S/C17H27N3O/c1-3-21-16-6-4-5-12(11-16)17(19-18)13-9-14-7-8-15(10-13)20(14)2/h4-6,11,13-15,17,19H,3,7-10,18H2,1-2H3. The van der Waals surface area contributed by atoms with Crippen molar-refractivity contribution in [2.24, 2.45) is 11.8 Å². The van der Waals surface area contributed by atoms with E-state index in [0.29, 0.717) is 12.5 Å². The molecule has 4 heteroatoms. The molecular formula is C17H27N3O. The van der Waals surface area contributed by atoms with Gasteiger partial charge in [-0.15, -0.1) is 0 Å². The normalized spacial score (nSPS) is 30.3. The van der Waals surface area contributed by atoms with Crippen molar-refractivity contribution in [2.45, 2.75) is 50.7 Å². The second-order valence-corrected chi connectivity index (χ2v) is 6.43. The Kier molecular flexibility index (Phi) is 4.48. The Morgan fingerprint density at radius 1 is 1.33 bits per heavy atom. The Morgan fingerprint density at radius 2 is 2.05 bits per heavy atom. The van der Waals surface area contributed by atoms with Gasteiger partial charge in [-0.2, -0.15) is 0 Å². The molecule has 2 heterocycles. The Labute approximate surface area is 127 Å². The van der Waals surface area contributed by atoms with Gasteiger partial charge in [0.2, 0.25) is 0 Å². The van der Waals surface area contributed by atoms with E-state index in [1.54, 1.807) is 0 Å². The maximum Gasteiger partial charge on any atom is 0.119 e. The molecule has 116 valence electrons. The molecule has 0 aromatic heterocycles. The van der Waals surface area contributed by atoms with Gasteiger partial charge < -0.3 is 9.64 Å². The maximum atomic E-state index is 5.90. The van der Waals surface area contributed by atoms with Gasteiger partial charge in [-0.3, -0.25) is 11.3 Å². The van der Waals surface area contributed by atoms with E-state index in [9.17, 15) is 0 Å². The van der Waals surface area contributed by atoms with Gasteiger partial charge in [0.05, 0.1) is 6.61 Å². The van der Waals surface area contributed by atoms with E-state index in [-0.39, 0.29) is 6.04 Å². The van der Waals surface area contributed by atoms with Crippen LogP contribution in [0.4, 0.5) is 0 Å². The number of hydrazine groups is 1.